The number of aromatic nitrogens is 1. The zero-order chi connectivity index (χ0) is 14.3. The standard InChI is InChI=1S/C14H21N3OS/c1-3-5-12(13(15)19)14(18)17(4-2)10-11-6-8-16-9-7-11/h6-9,12H,3-5,10H2,1-2H3,(H2,15,19). The summed E-state index contributed by atoms with van der Waals surface area (Å²) in [5, 5.41) is 0. The first kappa shape index (κ1) is 15.6. The molecule has 1 unspecified atom stereocenters. The Morgan fingerprint density at radius 1 is 1.42 bits per heavy atom. The second-order valence-electron chi connectivity index (χ2n) is 4.45. The molecule has 19 heavy (non-hydrogen) atoms. The topological polar surface area (TPSA) is 59.2 Å². The van der Waals surface area contributed by atoms with Crippen molar-refractivity contribution < 1.29 is 4.79 Å². The molecule has 0 aliphatic heterocycles. The maximum Gasteiger partial charge on any atom is 0.232 e. The maximum atomic E-state index is 12.5. The van der Waals surface area contributed by atoms with Crippen molar-refractivity contribution in [3.8, 4) is 0 Å². The van der Waals surface area contributed by atoms with E-state index in [0.717, 1.165) is 12.0 Å². The van der Waals surface area contributed by atoms with Crippen molar-refractivity contribution >= 4 is 23.1 Å². The van der Waals surface area contributed by atoms with Crippen molar-refractivity contribution in [1.29, 1.82) is 0 Å². The first-order chi connectivity index (χ1) is 9.10. The molecule has 104 valence electrons. The second kappa shape index (κ2) is 7.84. The molecule has 0 aliphatic rings. The van der Waals surface area contributed by atoms with Crippen LogP contribution in [0.4, 0.5) is 0 Å². The molecule has 1 aromatic rings. The van der Waals surface area contributed by atoms with E-state index >= 15 is 0 Å². The van der Waals surface area contributed by atoms with Crippen molar-refractivity contribution in [1.82, 2.24) is 9.88 Å². The Morgan fingerprint density at radius 3 is 2.53 bits per heavy atom. The average Bonchev–Trinajstić information content (AvgIpc) is 2.42. The van der Waals surface area contributed by atoms with Crippen LogP contribution in [-0.4, -0.2) is 27.3 Å². The summed E-state index contributed by atoms with van der Waals surface area (Å²) in [6.45, 7) is 5.20. The third kappa shape index (κ3) is 4.59. The third-order valence-corrected chi connectivity index (χ3v) is 3.32. The zero-order valence-electron chi connectivity index (χ0n) is 11.5. The Hall–Kier alpha value is -1.49. The zero-order valence-corrected chi connectivity index (χ0v) is 12.3. The highest BCUT2D eigenvalue weighted by Crippen LogP contribution is 2.14. The van der Waals surface area contributed by atoms with E-state index < -0.39 is 0 Å². The Kier molecular flexibility index (Phi) is 6.42. The largest absolute Gasteiger partial charge is 0.393 e. The fraction of sp³-hybridized carbons (Fsp3) is 0.500. The molecule has 4 nitrogen and oxygen atoms in total. The normalized spacial score (nSPS) is 11.9. The van der Waals surface area contributed by atoms with Gasteiger partial charge < -0.3 is 10.6 Å². The highest BCUT2D eigenvalue weighted by atomic mass is 32.1. The molecule has 0 saturated heterocycles. The fourth-order valence-electron chi connectivity index (χ4n) is 1.95. The van der Waals surface area contributed by atoms with E-state index in [1.807, 2.05) is 26.0 Å². The van der Waals surface area contributed by atoms with Gasteiger partial charge in [0, 0.05) is 25.5 Å². The molecule has 0 aliphatic carbocycles. The molecule has 1 rings (SSSR count). The average molecular weight is 279 g/mol. The summed E-state index contributed by atoms with van der Waals surface area (Å²) in [7, 11) is 0. The highest BCUT2D eigenvalue weighted by molar-refractivity contribution is 7.80. The van der Waals surface area contributed by atoms with Crippen LogP contribution >= 0.6 is 12.2 Å². The molecule has 5 heteroatoms. The smallest absolute Gasteiger partial charge is 0.232 e. The molecule has 0 spiro atoms. The predicted molar refractivity (Wildman–Crippen MR) is 80.5 cm³/mol. The summed E-state index contributed by atoms with van der Waals surface area (Å²) >= 11 is 5.01. The van der Waals surface area contributed by atoms with Gasteiger partial charge in [-0.3, -0.25) is 9.78 Å². The quantitative estimate of drug-likeness (QED) is 0.777. The Morgan fingerprint density at radius 2 is 2.05 bits per heavy atom. The van der Waals surface area contributed by atoms with E-state index in [1.54, 1.807) is 17.3 Å². The molecule has 0 aromatic carbocycles. The molecule has 1 atom stereocenters. The first-order valence-electron chi connectivity index (χ1n) is 6.57. The van der Waals surface area contributed by atoms with Gasteiger partial charge in [0.15, 0.2) is 0 Å². The van der Waals surface area contributed by atoms with Gasteiger partial charge in [-0.25, -0.2) is 0 Å². The summed E-state index contributed by atoms with van der Waals surface area (Å²) in [5.74, 6) is -0.324. The van der Waals surface area contributed by atoms with Gasteiger partial charge in [-0.15, -0.1) is 0 Å². The van der Waals surface area contributed by atoms with Crippen LogP contribution in [0.3, 0.4) is 0 Å². The van der Waals surface area contributed by atoms with Gasteiger partial charge in [-0.05, 0) is 31.0 Å². The number of nitrogens with two attached hydrogens (primary N) is 1. The van der Waals surface area contributed by atoms with Gasteiger partial charge in [0.25, 0.3) is 0 Å². The molecular weight excluding hydrogens is 258 g/mol. The number of hydrogen-bond acceptors (Lipinski definition) is 3. The lowest BCUT2D eigenvalue weighted by Gasteiger charge is -2.25. The second-order valence-corrected chi connectivity index (χ2v) is 4.92. The summed E-state index contributed by atoms with van der Waals surface area (Å²) in [6.07, 6.45) is 5.05. The van der Waals surface area contributed by atoms with Crippen LogP contribution in [0.2, 0.25) is 0 Å². The monoisotopic (exact) mass is 279 g/mol. The van der Waals surface area contributed by atoms with Crippen LogP contribution in [0.5, 0.6) is 0 Å². The molecule has 0 bridgehead atoms. The van der Waals surface area contributed by atoms with E-state index in [0.29, 0.717) is 24.5 Å². The Balaban J connectivity index is 2.78. The minimum absolute atomic E-state index is 0.0219. The van der Waals surface area contributed by atoms with Crippen LogP contribution in [0.1, 0.15) is 32.3 Å². The SMILES string of the molecule is CCCC(C(=O)N(CC)Cc1ccncc1)C(N)=S. The minimum atomic E-state index is -0.346. The number of hydrogen-bond donors (Lipinski definition) is 1. The molecule has 0 fully saturated rings. The van der Waals surface area contributed by atoms with E-state index in [9.17, 15) is 4.79 Å². The van der Waals surface area contributed by atoms with Crippen LogP contribution in [0.15, 0.2) is 24.5 Å². The number of nitrogens with zero attached hydrogens (tertiary/aromatic N) is 2. The molecular formula is C14H21N3OS. The van der Waals surface area contributed by atoms with E-state index in [1.165, 1.54) is 0 Å². The summed E-state index contributed by atoms with van der Waals surface area (Å²) in [4.78, 5) is 18.5. The van der Waals surface area contributed by atoms with Crippen molar-refractivity contribution in [3.05, 3.63) is 30.1 Å². The summed E-state index contributed by atoms with van der Waals surface area (Å²) in [6, 6.07) is 3.82. The molecule has 2 N–H and O–H groups in total. The number of rotatable bonds is 7. The summed E-state index contributed by atoms with van der Waals surface area (Å²) in [5.41, 5.74) is 6.74. The minimum Gasteiger partial charge on any atom is -0.393 e. The van der Waals surface area contributed by atoms with Crippen LogP contribution in [-0.2, 0) is 11.3 Å². The van der Waals surface area contributed by atoms with Crippen molar-refractivity contribution in [3.63, 3.8) is 0 Å². The van der Waals surface area contributed by atoms with Crippen molar-refractivity contribution in [2.75, 3.05) is 6.54 Å². The number of thiocarbonyl (C=S) groups is 1. The van der Waals surface area contributed by atoms with E-state index in [2.05, 4.69) is 4.98 Å². The van der Waals surface area contributed by atoms with Crippen LogP contribution in [0.25, 0.3) is 0 Å². The van der Waals surface area contributed by atoms with E-state index in [-0.39, 0.29) is 11.8 Å². The molecule has 1 amide bonds. The van der Waals surface area contributed by atoms with E-state index in [4.69, 9.17) is 18.0 Å². The van der Waals surface area contributed by atoms with Gasteiger partial charge in [-0.1, -0.05) is 25.6 Å². The number of amides is 1. The third-order valence-electron chi connectivity index (χ3n) is 3.04. The van der Waals surface area contributed by atoms with Gasteiger partial charge in [-0.2, -0.15) is 0 Å². The van der Waals surface area contributed by atoms with Gasteiger partial charge in [0.1, 0.15) is 0 Å². The Labute approximate surface area is 120 Å². The fourth-order valence-corrected chi connectivity index (χ4v) is 2.17. The maximum absolute atomic E-state index is 12.5. The first-order valence-corrected chi connectivity index (χ1v) is 6.98. The van der Waals surface area contributed by atoms with Crippen LogP contribution in [0, 0.1) is 5.92 Å². The number of carbonyl (C=O) groups is 1. The van der Waals surface area contributed by atoms with Crippen LogP contribution < -0.4 is 5.73 Å². The van der Waals surface area contributed by atoms with Gasteiger partial charge in [0.2, 0.25) is 5.91 Å². The highest BCUT2D eigenvalue weighted by Gasteiger charge is 2.25. The number of pyridine rings is 1. The molecule has 0 radical (unpaired) electrons. The lowest BCUT2D eigenvalue weighted by molar-refractivity contribution is -0.133. The van der Waals surface area contributed by atoms with Gasteiger partial charge in [0.05, 0.1) is 10.9 Å². The van der Waals surface area contributed by atoms with Crippen molar-refractivity contribution in [2.45, 2.75) is 33.2 Å². The number of carbonyl (C=O) groups excluding carboxylic acids is 1. The lowest BCUT2D eigenvalue weighted by Crippen LogP contribution is -2.40. The Bertz CT molecular complexity index is 422. The lowest BCUT2D eigenvalue weighted by atomic mass is 10.0. The molecule has 0 saturated carbocycles. The molecule has 1 aromatic heterocycles. The van der Waals surface area contributed by atoms with Gasteiger partial charge >= 0.3 is 0 Å². The molecule has 1 heterocycles. The predicted octanol–water partition coefficient (Wildman–Crippen LogP) is 2.13. The van der Waals surface area contributed by atoms with Crippen molar-refractivity contribution in [2.24, 2.45) is 11.7 Å². The summed E-state index contributed by atoms with van der Waals surface area (Å²) < 4.78 is 0.